The highest BCUT2D eigenvalue weighted by molar-refractivity contribution is 5.16. The molecule has 1 fully saturated rings. The Balaban J connectivity index is 1.48. The van der Waals surface area contributed by atoms with Crippen LogP contribution in [0.4, 0.5) is 0 Å². The molecule has 2 aromatic rings. The molecule has 0 aromatic heterocycles. The Labute approximate surface area is 158 Å². The summed E-state index contributed by atoms with van der Waals surface area (Å²) < 4.78 is 0. The van der Waals surface area contributed by atoms with Crippen LogP contribution in [0.1, 0.15) is 43.2 Å². The van der Waals surface area contributed by atoms with Crippen molar-refractivity contribution in [1.82, 2.24) is 4.90 Å². The van der Waals surface area contributed by atoms with Crippen molar-refractivity contribution < 1.29 is 5.11 Å². The van der Waals surface area contributed by atoms with Crippen molar-refractivity contribution in [2.24, 2.45) is 5.92 Å². The number of unbranched alkanes of at least 4 members (excludes halogenated alkanes) is 1. The van der Waals surface area contributed by atoms with Crippen LogP contribution in [0.3, 0.4) is 0 Å². The number of aryl methyl sites for hydroxylation is 1. The van der Waals surface area contributed by atoms with Gasteiger partial charge in [0.1, 0.15) is 0 Å². The third-order valence-corrected chi connectivity index (χ3v) is 5.61. The number of aliphatic hydroxyl groups excluding tert-OH is 1. The first-order valence-corrected chi connectivity index (χ1v) is 10.3. The van der Waals surface area contributed by atoms with Crippen LogP contribution >= 0.6 is 0 Å². The van der Waals surface area contributed by atoms with Crippen LogP contribution < -0.4 is 0 Å². The topological polar surface area (TPSA) is 23.5 Å². The monoisotopic (exact) mass is 351 g/mol. The maximum absolute atomic E-state index is 9.75. The lowest BCUT2D eigenvalue weighted by atomic mass is 9.92. The zero-order chi connectivity index (χ0) is 18.0. The number of nitrogens with zero attached hydrogens (tertiary/aromatic N) is 1. The highest BCUT2D eigenvalue weighted by atomic mass is 16.3. The molecule has 1 heterocycles. The molecule has 3 rings (SSSR count). The lowest BCUT2D eigenvalue weighted by molar-refractivity contribution is 0.0736. The van der Waals surface area contributed by atoms with Crippen LogP contribution in [-0.2, 0) is 12.8 Å². The Kier molecular flexibility index (Phi) is 7.72. The summed E-state index contributed by atoms with van der Waals surface area (Å²) in [6.45, 7) is 3.28. The fraction of sp³-hybridized carbons (Fsp3) is 0.500. The van der Waals surface area contributed by atoms with E-state index >= 15 is 0 Å². The molecule has 1 aliphatic rings. The summed E-state index contributed by atoms with van der Waals surface area (Å²) in [5.41, 5.74) is 2.91. The van der Waals surface area contributed by atoms with Crippen LogP contribution in [0.25, 0.3) is 0 Å². The quantitative estimate of drug-likeness (QED) is 0.661. The summed E-state index contributed by atoms with van der Waals surface area (Å²) in [5, 5.41) is 9.75. The standard InChI is InChI=1S/C24H33NO/c26-24-15-17-25(18-16-24)20-23(19-22-12-5-2-6-13-22)14-8-7-11-21-9-3-1-4-10-21/h1-6,9-10,12-13,23-24,26H,7-8,11,14-20H2. The molecule has 0 bridgehead atoms. The number of likely N-dealkylation sites (tertiary alicyclic amines) is 1. The van der Waals surface area contributed by atoms with Gasteiger partial charge < -0.3 is 10.0 Å². The minimum Gasteiger partial charge on any atom is -0.393 e. The predicted octanol–water partition coefficient (Wildman–Crippen LogP) is 4.72. The molecule has 0 aliphatic carbocycles. The molecule has 0 radical (unpaired) electrons. The molecule has 1 atom stereocenters. The average molecular weight is 352 g/mol. The smallest absolute Gasteiger partial charge is 0.0564 e. The summed E-state index contributed by atoms with van der Waals surface area (Å²) in [4.78, 5) is 2.57. The van der Waals surface area contributed by atoms with Gasteiger partial charge in [0.25, 0.3) is 0 Å². The normalized spacial score (nSPS) is 17.3. The van der Waals surface area contributed by atoms with Crippen LogP contribution in [0.15, 0.2) is 60.7 Å². The fourth-order valence-electron chi connectivity index (χ4n) is 4.08. The van der Waals surface area contributed by atoms with Crippen molar-refractivity contribution >= 4 is 0 Å². The van der Waals surface area contributed by atoms with E-state index in [2.05, 4.69) is 65.6 Å². The van der Waals surface area contributed by atoms with Gasteiger partial charge in [0.2, 0.25) is 0 Å². The molecule has 140 valence electrons. The molecule has 1 aliphatic heterocycles. The summed E-state index contributed by atoms with van der Waals surface area (Å²) in [5.74, 6) is 0.711. The lowest BCUT2D eigenvalue weighted by Crippen LogP contribution is -2.39. The molecule has 2 heteroatoms. The van der Waals surface area contributed by atoms with E-state index < -0.39 is 0 Å². The van der Waals surface area contributed by atoms with E-state index in [1.807, 2.05) is 0 Å². The highest BCUT2D eigenvalue weighted by Crippen LogP contribution is 2.20. The molecule has 2 aromatic carbocycles. The van der Waals surface area contributed by atoms with Gasteiger partial charge in [-0.05, 0) is 55.6 Å². The molecule has 1 saturated heterocycles. The van der Waals surface area contributed by atoms with E-state index in [1.54, 1.807) is 0 Å². The summed E-state index contributed by atoms with van der Waals surface area (Å²) in [7, 11) is 0. The molecule has 26 heavy (non-hydrogen) atoms. The molecule has 2 nitrogen and oxygen atoms in total. The van der Waals surface area contributed by atoms with Crippen LogP contribution in [-0.4, -0.2) is 35.7 Å². The number of hydrogen-bond donors (Lipinski definition) is 1. The van der Waals surface area contributed by atoms with E-state index in [4.69, 9.17) is 0 Å². The largest absolute Gasteiger partial charge is 0.393 e. The minimum absolute atomic E-state index is 0.0790. The summed E-state index contributed by atoms with van der Waals surface area (Å²) in [6.07, 6.45) is 8.01. The average Bonchev–Trinajstić information content (AvgIpc) is 2.68. The van der Waals surface area contributed by atoms with Crippen molar-refractivity contribution in [2.75, 3.05) is 19.6 Å². The van der Waals surface area contributed by atoms with E-state index in [0.29, 0.717) is 5.92 Å². The zero-order valence-electron chi connectivity index (χ0n) is 15.9. The van der Waals surface area contributed by atoms with Gasteiger partial charge in [-0.1, -0.05) is 67.1 Å². The number of piperidine rings is 1. The number of aliphatic hydroxyl groups is 1. The van der Waals surface area contributed by atoms with Crippen molar-refractivity contribution in [1.29, 1.82) is 0 Å². The first-order chi connectivity index (χ1) is 12.8. The Morgan fingerprint density at radius 2 is 1.46 bits per heavy atom. The van der Waals surface area contributed by atoms with Crippen molar-refractivity contribution in [3.05, 3.63) is 71.8 Å². The fourth-order valence-corrected chi connectivity index (χ4v) is 4.08. The van der Waals surface area contributed by atoms with Gasteiger partial charge in [0, 0.05) is 19.6 Å². The second-order valence-corrected chi connectivity index (χ2v) is 7.82. The van der Waals surface area contributed by atoms with Crippen molar-refractivity contribution in [3.8, 4) is 0 Å². The van der Waals surface area contributed by atoms with Gasteiger partial charge in [-0.2, -0.15) is 0 Å². The van der Waals surface area contributed by atoms with Crippen molar-refractivity contribution in [2.45, 2.75) is 51.0 Å². The number of benzene rings is 2. The van der Waals surface area contributed by atoms with E-state index in [-0.39, 0.29) is 6.10 Å². The molecule has 1 unspecified atom stereocenters. The van der Waals surface area contributed by atoms with Gasteiger partial charge in [-0.3, -0.25) is 0 Å². The Morgan fingerprint density at radius 1 is 0.846 bits per heavy atom. The van der Waals surface area contributed by atoms with E-state index in [0.717, 1.165) is 25.9 Å². The van der Waals surface area contributed by atoms with Crippen LogP contribution in [0, 0.1) is 5.92 Å². The van der Waals surface area contributed by atoms with E-state index in [9.17, 15) is 5.11 Å². The SMILES string of the molecule is OC1CCN(CC(CCCCc2ccccc2)Cc2ccccc2)CC1. The zero-order valence-corrected chi connectivity index (χ0v) is 15.9. The molecule has 0 spiro atoms. The molecular formula is C24H33NO. The van der Waals surface area contributed by atoms with Gasteiger partial charge in [0.05, 0.1) is 6.10 Å². The molecular weight excluding hydrogens is 318 g/mol. The van der Waals surface area contributed by atoms with Crippen molar-refractivity contribution in [3.63, 3.8) is 0 Å². The Morgan fingerprint density at radius 3 is 2.12 bits per heavy atom. The minimum atomic E-state index is -0.0790. The lowest BCUT2D eigenvalue weighted by Gasteiger charge is -2.32. The van der Waals surface area contributed by atoms with Crippen LogP contribution in [0.2, 0.25) is 0 Å². The number of rotatable bonds is 9. The Hall–Kier alpha value is -1.64. The first kappa shape index (κ1) is 19.1. The molecule has 0 saturated carbocycles. The van der Waals surface area contributed by atoms with Gasteiger partial charge in [-0.15, -0.1) is 0 Å². The predicted molar refractivity (Wildman–Crippen MR) is 109 cm³/mol. The molecule has 1 N–H and O–H groups in total. The van der Waals surface area contributed by atoms with Crippen LogP contribution in [0.5, 0.6) is 0 Å². The number of hydrogen-bond acceptors (Lipinski definition) is 2. The van der Waals surface area contributed by atoms with E-state index in [1.165, 1.54) is 49.8 Å². The second-order valence-electron chi connectivity index (χ2n) is 7.82. The maximum Gasteiger partial charge on any atom is 0.0564 e. The second kappa shape index (κ2) is 10.5. The molecule has 0 amide bonds. The van der Waals surface area contributed by atoms with Gasteiger partial charge in [0.15, 0.2) is 0 Å². The Bertz CT molecular complexity index is 605. The third-order valence-electron chi connectivity index (χ3n) is 5.61. The first-order valence-electron chi connectivity index (χ1n) is 10.3. The van der Waals surface area contributed by atoms with Gasteiger partial charge in [-0.25, -0.2) is 0 Å². The summed E-state index contributed by atoms with van der Waals surface area (Å²) >= 11 is 0. The maximum atomic E-state index is 9.75. The summed E-state index contributed by atoms with van der Waals surface area (Å²) in [6, 6.07) is 21.8. The highest BCUT2D eigenvalue weighted by Gasteiger charge is 2.20. The third kappa shape index (κ3) is 6.59. The van der Waals surface area contributed by atoms with Gasteiger partial charge >= 0.3 is 0 Å².